The lowest BCUT2D eigenvalue weighted by atomic mass is 9.90. The molecule has 78 valence electrons. The quantitative estimate of drug-likeness (QED) is 0.560. The molecule has 0 saturated carbocycles. The van der Waals surface area contributed by atoms with Crippen LogP contribution in [-0.4, -0.2) is 0 Å². The summed E-state index contributed by atoms with van der Waals surface area (Å²) in [6.45, 7) is 6.90. The highest BCUT2D eigenvalue weighted by Crippen LogP contribution is 2.38. The van der Waals surface area contributed by atoms with Crippen LogP contribution in [0.3, 0.4) is 0 Å². The summed E-state index contributed by atoms with van der Waals surface area (Å²) in [7, 11) is 0. The minimum absolute atomic E-state index is 0.468. The van der Waals surface area contributed by atoms with E-state index in [1.54, 1.807) is 11.1 Å². The lowest BCUT2D eigenvalue weighted by molar-refractivity contribution is 0.392. The van der Waals surface area contributed by atoms with Crippen molar-refractivity contribution in [3.8, 4) is 0 Å². The van der Waals surface area contributed by atoms with Crippen LogP contribution in [0, 0.1) is 12.3 Å². The molecule has 0 bridgehead atoms. The first-order chi connectivity index (χ1) is 7.03. The molecular weight excluding hydrogens is 180 g/mol. The lowest BCUT2D eigenvalue weighted by Crippen LogP contribution is -2.09. The van der Waals surface area contributed by atoms with Crippen LogP contribution in [0.2, 0.25) is 0 Å². The first kappa shape index (κ1) is 9.08. The Morgan fingerprint density at radius 2 is 1.80 bits per heavy atom. The smallest absolute Gasteiger partial charge is 0.0350 e. The van der Waals surface area contributed by atoms with E-state index < -0.39 is 0 Å². The van der Waals surface area contributed by atoms with Crippen LogP contribution in [0.5, 0.6) is 0 Å². The van der Waals surface area contributed by atoms with Gasteiger partial charge in [-0.2, -0.15) is 0 Å². The second-order valence-electron chi connectivity index (χ2n) is 5.80. The summed E-state index contributed by atoms with van der Waals surface area (Å²) >= 11 is 0. The molecule has 0 fully saturated rings. The average Bonchev–Trinajstić information content (AvgIpc) is 2.55. The highest BCUT2D eigenvalue weighted by molar-refractivity contribution is 5.87. The van der Waals surface area contributed by atoms with Crippen molar-refractivity contribution in [2.24, 2.45) is 5.41 Å². The zero-order valence-electron chi connectivity index (χ0n) is 9.72. The predicted molar refractivity (Wildman–Crippen MR) is 65.5 cm³/mol. The van der Waals surface area contributed by atoms with Gasteiger partial charge in [0, 0.05) is 0 Å². The van der Waals surface area contributed by atoms with Crippen LogP contribution in [0.4, 0.5) is 0 Å². The average molecular weight is 197 g/mol. The largest absolute Gasteiger partial charge is 0.149 e. The highest BCUT2D eigenvalue weighted by Gasteiger charge is 2.25. The van der Waals surface area contributed by atoms with Crippen molar-refractivity contribution in [1.29, 1.82) is 0 Å². The van der Waals surface area contributed by atoms with E-state index in [1.807, 2.05) is 0 Å². The van der Waals surface area contributed by atoms with E-state index in [4.69, 9.17) is 0 Å². The Hall–Kier alpha value is -1.17. The SMILES string of the molecule is Cc1cc2cc3c(c[c-]2c1)CC(C)(C)C3. The van der Waals surface area contributed by atoms with Gasteiger partial charge in [-0.3, -0.25) is 0 Å². The van der Waals surface area contributed by atoms with E-state index in [9.17, 15) is 0 Å². The van der Waals surface area contributed by atoms with Crippen molar-refractivity contribution < 1.29 is 0 Å². The van der Waals surface area contributed by atoms with Gasteiger partial charge in [0.2, 0.25) is 0 Å². The minimum atomic E-state index is 0.468. The van der Waals surface area contributed by atoms with E-state index in [1.165, 1.54) is 29.2 Å². The van der Waals surface area contributed by atoms with Gasteiger partial charge in [-0.25, -0.2) is 0 Å². The number of rotatable bonds is 0. The van der Waals surface area contributed by atoms with Crippen molar-refractivity contribution in [2.75, 3.05) is 0 Å². The summed E-state index contributed by atoms with van der Waals surface area (Å²) in [6, 6.07) is 9.38. The van der Waals surface area contributed by atoms with Gasteiger partial charge in [0.15, 0.2) is 0 Å². The third-order valence-corrected chi connectivity index (χ3v) is 3.51. The molecule has 2 aromatic carbocycles. The Morgan fingerprint density at radius 3 is 2.60 bits per heavy atom. The molecule has 0 aromatic heterocycles. The Morgan fingerprint density at radius 1 is 1.07 bits per heavy atom. The zero-order chi connectivity index (χ0) is 10.6. The van der Waals surface area contributed by atoms with Crippen LogP contribution in [0.15, 0.2) is 24.3 Å². The minimum Gasteiger partial charge on any atom is -0.149 e. The van der Waals surface area contributed by atoms with Crippen molar-refractivity contribution in [2.45, 2.75) is 33.6 Å². The first-order valence-corrected chi connectivity index (χ1v) is 5.72. The number of aryl methyl sites for hydroxylation is 1. The molecule has 0 spiro atoms. The number of benzene rings is 1. The molecule has 0 heteroatoms. The van der Waals surface area contributed by atoms with Gasteiger partial charge in [0.1, 0.15) is 0 Å². The van der Waals surface area contributed by atoms with Crippen LogP contribution in [0.25, 0.3) is 10.8 Å². The standard InChI is InChI=1S/C15H17/c1-10-4-11-6-13-8-15(2,3)9-14(13)7-12(11)5-10/h4-7H,8-9H2,1-3H3/q-1. The van der Waals surface area contributed by atoms with E-state index in [2.05, 4.69) is 45.0 Å². The monoisotopic (exact) mass is 197 g/mol. The summed E-state index contributed by atoms with van der Waals surface area (Å²) in [5.74, 6) is 0. The summed E-state index contributed by atoms with van der Waals surface area (Å²) in [4.78, 5) is 0. The third kappa shape index (κ3) is 1.40. The molecule has 0 aliphatic heterocycles. The van der Waals surface area contributed by atoms with Crippen molar-refractivity contribution >= 4 is 10.8 Å². The molecule has 1 aliphatic rings. The van der Waals surface area contributed by atoms with E-state index in [0.29, 0.717) is 5.41 Å². The van der Waals surface area contributed by atoms with E-state index in [-0.39, 0.29) is 0 Å². The summed E-state index contributed by atoms with van der Waals surface area (Å²) in [5, 5.41) is 2.84. The van der Waals surface area contributed by atoms with Crippen LogP contribution >= 0.6 is 0 Å². The van der Waals surface area contributed by atoms with E-state index in [0.717, 1.165) is 0 Å². The predicted octanol–water partition coefficient (Wildman–Crippen LogP) is 3.99. The molecule has 0 unspecified atom stereocenters. The van der Waals surface area contributed by atoms with Crippen LogP contribution < -0.4 is 0 Å². The fraction of sp³-hybridized carbons (Fsp3) is 0.400. The van der Waals surface area contributed by atoms with Crippen molar-refractivity contribution in [3.63, 3.8) is 0 Å². The van der Waals surface area contributed by atoms with Gasteiger partial charge < -0.3 is 0 Å². The number of fused-ring (bicyclic) bond motifs is 2. The summed E-state index contributed by atoms with van der Waals surface area (Å²) in [6.07, 6.45) is 2.48. The molecule has 0 atom stereocenters. The molecule has 0 saturated heterocycles. The van der Waals surface area contributed by atoms with Gasteiger partial charge in [0.25, 0.3) is 0 Å². The second-order valence-corrected chi connectivity index (χ2v) is 5.80. The Kier molecular flexibility index (Phi) is 1.63. The molecule has 0 heterocycles. The molecule has 3 rings (SSSR count). The molecule has 0 radical (unpaired) electrons. The molecule has 15 heavy (non-hydrogen) atoms. The third-order valence-electron chi connectivity index (χ3n) is 3.51. The number of hydrogen-bond donors (Lipinski definition) is 0. The maximum absolute atomic E-state index is 2.40. The fourth-order valence-corrected chi connectivity index (χ4v) is 2.93. The van der Waals surface area contributed by atoms with Gasteiger partial charge >= 0.3 is 0 Å². The van der Waals surface area contributed by atoms with Gasteiger partial charge in [-0.05, 0) is 18.3 Å². The van der Waals surface area contributed by atoms with Gasteiger partial charge in [0.05, 0.1) is 0 Å². The molecule has 0 amide bonds. The molecule has 2 aromatic rings. The lowest BCUT2D eigenvalue weighted by Gasteiger charge is -2.16. The van der Waals surface area contributed by atoms with Crippen LogP contribution in [0.1, 0.15) is 30.5 Å². The normalized spacial score (nSPS) is 18.3. The topological polar surface area (TPSA) is 0 Å². The zero-order valence-corrected chi connectivity index (χ0v) is 9.72. The first-order valence-electron chi connectivity index (χ1n) is 5.72. The Labute approximate surface area is 91.3 Å². The summed E-state index contributed by atoms with van der Waals surface area (Å²) in [5.41, 5.74) is 4.99. The second kappa shape index (κ2) is 2.69. The molecular formula is C15H17-. The van der Waals surface area contributed by atoms with E-state index >= 15 is 0 Å². The molecule has 0 N–H and O–H groups in total. The highest BCUT2D eigenvalue weighted by atomic mass is 14.3. The Balaban J connectivity index is 2.21. The maximum atomic E-state index is 2.40. The van der Waals surface area contributed by atoms with Crippen molar-refractivity contribution in [1.82, 2.24) is 0 Å². The number of hydrogen-bond acceptors (Lipinski definition) is 0. The maximum Gasteiger partial charge on any atom is -0.0350 e. The fourth-order valence-electron chi connectivity index (χ4n) is 2.93. The molecule has 1 aliphatic carbocycles. The summed E-state index contributed by atoms with van der Waals surface area (Å²) < 4.78 is 0. The van der Waals surface area contributed by atoms with Gasteiger partial charge in [-0.15, -0.1) is 46.3 Å². The van der Waals surface area contributed by atoms with Crippen LogP contribution in [-0.2, 0) is 12.8 Å². The molecule has 0 nitrogen and oxygen atoms in total. The Bertz CT molecular complexity index is 481. The van der Waals surface area contributed by atoms with Gasteiger partial charge in [-0.1, -0.05) is 26.2 Å². The van der Waals surface area contributed by atoms with Crippen molar-refractivity contribution in [3.05, 3.63) is 41.0 Å².